The van der Waals surface area contributed by atoms with Crippen molar-refractivity contribution in [2.24, 2.45) is 11.8 Å². The van der Waals surface area contributed by atoms with Gasteiger partial charge >= 0.3 is 12.2 Å². The molecule has 0 aliphatic carbocycles. The number of rotatable bonds is 10. The number of carbonyl (C=O) groups excluding carboxylic acids is 4. The molecule has 0 bridgehead atoms. The minimum absolute atomic E-state index is 0.0274. The van der Waals surface area contributed by atoms with Gasteiger partial charge in [0.2, 0.25) is 11.8 Å². The second kappa shape index (κ2) is 17.8. The first-order valence-corrected chi connectivity index (χ1v) is 22.7. The Labute approximate surface area is 372 Å². The van der Waals surface area contributed by atoms with Gasteiger partial charge in [-0.2, -0.15) is 0 Å². The summed E-state index contributed by atoms with van der Waals surface area (Å²) in [5, 5.41) is 7.60. The van der Waals surface area contributed by atoms with Gasteiger partial charge in [0.15, 0.2) is 0 Å². The van der Waals surface area contributed by atoms with Gasteiger partial charge in [0.05, 0.1) is 49.2 Å². The maximum atomic E-state index is 14.3. The molecule has 4 aliphatic heterocycles. The fraction of sp³-hybridized carbons (Fsp3) is 0.500. The van der Waals surface area contributed by atoms with Gasteiger partial charge in [0.1, 0.15) is 36.1 Å². The molecule has 16 nitrogen and oxygen atoms in total. The van der Waals surface area contributed by atoms with E-state index >= 15 is 0 Å². The Balaban J connectivity index is 0.960. The van der Waals surface area contributed by atoms with Crippen LogP contribution in [0.15, 0.2) is 48.7 Å². The van der Waals surface area contributed by atoms with Crippen LogP contribution >= 0.6 is 0 Å². The van der Waals surface area contributed by atoms with Crippen LogP contribution in [0.1, 0.15) is 102 Å². The first kappa shape index (κ1) is 43.1. The predicted octanol–water partition coefficient (Wildman–Crippen LogP) is 7.69. The summed E-state index contributed by atoms with van der Waals surface area (Å²) in [5.74, 6) is 1.80. The number of methoxy groups -OCH3 is 2. The number of ether oxygens (including phenoxy) is 4. The monoisotopic (exact) mass is 874 g/mol. The molecule has 0 saturated carbocycles. The van der Waals surface area contributed by atoms with Crippen LogP contribution in [0, 0.1) is 11.8 Å². The van der Waals surface area contributed by atoms with Crippen molar-refractivity contribution in [1.82, 2.24) is 40.4 Å². The zero-order valence-electron chi connectivity index (χ0n) is 37.4. The number of alkyl carbamates (subject to hydrolysis) is 2. The molecule has 2 aromatic heterocycles. The number of nitrogens with zero attached hydrogens (tertiary/aromatic N) is 4. The summed E-state index contributed by atoms with van der Waals surface area (Å²) in [5.41, 5.74) is 6.59. The number of aromatic amines is 2. The molecule has 0 radical (unpaired) electrons. The molecule has 3 fully saturated rings. The van der Waals surface area contributed by atoms with Gasteiger partial charge in [0, 0.05) is 36.2 Å². The molecular weight excluding hydrogens is 817 g/mol. The van der Waals surface area contributed by atoms with Gasteiger partial charge in [-0.1, -0.05) is 38.5 Å². The highest BCUT2D eigenvalue weighted by Gasteiger charge is 2.44. The van der Waals surface area contributed by atoms with Gasteiger partial charge in [-0.15, -0.1) is 0 Å². The number of imidazole rings is 2. The van der Waals surface area contributed by atoms with Crippen LogP contribution in [-0.4, -0.2) is 105 Å². The number of hydrogen-bond donors (Lipinski definition) is 4. The lowest BCUT2D eigenvalue weighted by atomic mass is 9.90. The number of H-pyrrole nitrogens is 2. The van der Waals surface area contributed by atoms with E-state index < -0.39 is 24.3 Å². The number of benzene rings is 3. The Bertz CT molecular complexity index is 2580. The van der Waals surface area contributed by atoms with Gasteiger partial charge < -0.3 is 49.3 Å². The summed E-state index contributed by atoms with van der Waals surface area (Å²) in [4.78, 5) is 73.9. The topological polar surface area (TPSA) is 193 Å². The van der Waals surface area contributed by atoms with E-state index in [-0.39, 0.29) is 47.8 Å². The van der Waals surface area contributed by atoms with E-state index in [1.54, 1.807) is 0 Å². The summed E-state index contributed by atoms with van der Waals surface area (Å²) in [6.45, 7) is 9.54. The van der Waals surface area contributed by atoms with Crippen molar-refractivity contribution >= 4 is 45.8 Å². The Morgan fingerprint density at radius 2 is 1.53 bits per heavy atom. The van der Waals surface area contributed by atoms with Crippen LogP contribution in [0.5, 0.6) is 5.75 Å². The normalized spacial score (nSPS) is 22.3. The van der Waals surface area contributed by atoms with E-state index in [0.717, 1.165) is 93.4 Å². The van der Waals surface area contributed by atoms with E-state index in [1.807, 2.05) is 49.8 Å². The third kappa shape index (κ3) is 7.90. The summed E-state index contributed by atoms with van der Waals surface area (Å²) in [7, 11) is 2.62. The highest BCUT2D eigenvalue weighted by molar-refractivity contribution is 6.07. The number of likely N-dealkylation sites (tertiary alicyclic amines) is 2. The average molecular weight is 875 g/mol. The van der Waals surface area contributed by atoms with Crippen LogP contribution in [-0.2, 0) is 30.4 Å². The molecule has 3 saturated heterocycles. The molecule has 4 amide bonds. The largest absolute Gasteiger partial charge is 0.488 e. The van der Waals surface area contributed by atoms with Crippen molar-refractivity contribution in [3.05, 3.63) is 65.9 Å². The van der Waals surface area contributed by atoms with Gasteiger partial charge in [-0.05, 0) is 111 Å². The highest BCUT2D eigenvalue weighted by Crippen LogP contribution is 2.44. The van der Waals surface area contributed by atoms with E-state index in [0.29, 0.717) is 38.5 Å². The molecule has 3 aromatic carbocycles. The number of carbonyl (C=O) groups is 4. The van der Waals surface area contributed by atoms with Crippen LogP contribution in [0.4, 0.5) is 9.59 Å². The summed E-state index contributed by atoms with van der Waals surface area (Å²) in [6.07, 6.45) is 5.79. The number of fused-ring (bicyclic) bond motifs is 6. The van der Waals surface area contributed by atoms with Crippen molar-refractivity contribution in [2.45, 2.75) is 115 Å². The number of amides is 4. The zero-order chi connectivity index (χ0) is 44.8. The van der Waals surface area contributed by atoms with Crippen molar-refractivity contribution < 1.29 is 38.1 Å². The summed E-state index contributed by atoms with van der Waals surface area (Å²) >= 11 is 0. The molecule has 16 heteroatoms. The molecule has 4 N–H and O–H groups in total. The molecule has 6 heterocycles. The van der Waals surface area contributed by atoms with E-state index in [4.69, 9.17) is 28.9 Å². The Kier molecular flexibility index (Phi) is 12.0. The molecule has 0 spiro atoms. The summed E-state index contributed by atoms with van der Waals surface area (Å²) in [6, 6.07) is 12.7. The number of nitrogens with one attached hydrogen (secondary N) is 4. The fourth-order valence-electron chi connectivity index (χ4n) is 10.3. The molecule has 5 aromatic rings. The Morgan fingerprint density at radius 3 is 2.25 bits per heavy atom. The van der Waals surface area contributed by atoms with Gasteiger partial charge in [-0.3, -0.25) is 9.59 Å². The lowest BCUT2D eigenvalue weighted by Crippen LogP contribution is -2.54. The summed E-state index contributed by atoms with van der Waals surface area (Å²) < 4.78 is 21.8. The van der Waals surface area contributed by atoms with Crippen LogP contribution in [0.2, 0.25) is 0 Å². The van der Waals surface area contributed by atoms with Crippen molar-refractivity contribution in [3.63, 3.8) is 0 Å². The smallest absolute Gasteiger partial charge is 0.407 e. The number of hydrogen-bond acceptors (Lipinski definition) is 10. The van der Waals surface area contributed by atoms with Crippen molar-refractivity contribution in [1.29, 1.82) is 0 Å². The number of aromatic nitrogens is 4. The fourth-order valence-corrected chi connectivity index (χ4v) is 10.3. The molecule has 1 unspecified atom stereocenters. The predicted molar refractivity (Wildman–Crippen MR) is 239 cm³/mol. The minimum Gasteiger partial charge on any atom is -0.488 e. The first-order valence-electron chi connectivity index (χ1n) is 22.7. The highest BCUT2D eigenvalue weighted by atomic mass is 16.5. The molecule has 64 heavy (non-hydrogen) atoms. The maximum Gasteiger partial charge on any atom is 0.407 e. The molecule has 7 atom stereocenters. The zero-order valence-corrected chi connectivity index (χ0v) is 37.4. The molecule has 4 aliphatic rings. The van der Waals surface area contributed by atoms with Crippen molar-refractivity contribution in [3.8, 4) is 28.1 Å². The van der Waals surface area contributed by atoms with Crippen molar-refractivity contribution in [2.75, 3.05) is 27.4 Å². The second-order valence-electron chi connectivity index (χ2n) is 17.9. The maximum absolute atomic E-state index is 14.3. The van der Waals surface area contributed by atoms with Gasteiger partial charge in [-0.25, -0.2) is 19.6 Å². The third-order valence-electron chi connectivity index (χ3n) is 14.1. The van der Waals surface area contributed by atoms with Crippen LogP contribution < -0.4 is 15.4 Å². The lowest BCUT2D eigenvalue weighted by molar-refractivity contribution is -0.139. The van der Waals surface area contributed by atoms with E-state index in [1.165, 1.54) is 14.2 Å². The second-order valence-corrected chi connectivity index (χ2v) is 17.9. The lowest BCUT2D eigenvalue weighted by Gasteiger charge is -2.36. The van der Waals surface area contributed by atoms with Gasteiger partial charge in [0.25, 0.3) is 0 Å². The SMILES string of the molecule is CC[C@H](C)[C@H](NC(=O)OC)C(=O)N1[C@@H](C)CC[C@H]1c1nc2c(ccc3cc4c(cc32)OCc2cc(-c3cnc([C@@H]5CC[C@H](C)N5C(=O)C(NC(=O)OC)C5CCOCC5)[nH]3)ccc2-4)[nH]1. The first-order chi connectivity index (χ1) is 31.0. The van der Waals surface area contributed by atoms with Crippen LogP contribution in [0.25, 0.3) is 44.2 Å². The minimum atomic E-state index is -0.715. The Hall–Kier alpha value is -6.16. The molecular formula is C48H58N8O8. The Morgan fingerprint density at radius 1 is 0.828 bits per heavy atom. The third-order valence-corrected chi connectivity index (χ3v) is 14.1. The van der Waals surface area contributed by atoms with E-state index in [9.17, 15) is 19.2 Å². The average Bonchev–Trinajstić information content (AvgIpc) is 4.14. The van der Waals surface area contributed by atoms with Crippen LogP contribution in [0.3, 0.4) is 0 Å². The standard InChI is InChI=1S/C48H58N8O8/c1-7-25(2)40(53-47(59)61-5)45(57)56-27(4)9-15-38(56)44-50-35-13-11-29-21-34-32-12-10-30(20-31(32)24-64-39(34)22-33(29)42(35)52-44)36-23-49-43(51-36)37-14-8-26(3)55(37)46(58)41(54-48(60)62-6)28-16-18-63-19-17-28/h10-13,20-23,25-28,37-38,40-41H,7-9,14-19,24H2,1-6H3,(H,49,51)(H,50,52)(H,53,59)(H,54,60)/t25-,26-,27-,37-,38-,40-,41?/m0/s1. The molecule has 9 rings (SSSR count). The molecule has 338 valence electrons. The quantitative estimate of drug-likeness (QED) is 0.108. The van der Waals surface area contributed by atoms with E-state index in [2.05, 4.69) is 57.0 Å².